The lowest BCUT2D eigenvalue weighted by Crippen LogP contribution is -2.32. The van der Waals surface area contributed by atoms with Gasteiger partial charge >= 0.3 is 5.63 Å². The number of para-hydroxylation sites is 1. The van der Waals surface area contributed by atoms with Gasteiger partial charge in [-0.1, -0.05) is 18.2 Å². The Hall–Kier alpha value is -4.17. The number of rotatable bonds is 5. The monoisotopic (exact) mass is 446 g/mol. The molecule has 2 N–H and O–H groups in total. The molecule has 0 saturated heterocycles. The van der Waals surface area contributed by atoms with Gasteiger partial charge in [-0.15, -0.1) is 0 Å². The van der Waals surface area contributed by atoms with Crippen LogP contribution in [0.4, 0.5) is 5.69 Å². The summed E-state index contributed by atoms with van der Waals surface area (Å²) in [5.41, 5.74) is 1.59. The second-order valence-electron chi connectivity index (χ2n) is 6.69. The van der Waals surface area contributed by atoms with Crippen molar-refractivity contribution in [3.8, 4) is 16.9 Å². The van der Waals surface area contributed by atoms with Gasteiger partial charge in [-0.25, -0.2) is 4.79 Å². The summed E-state index contributed by atoms with van der Waals surface area (Å²) >= 11 is 5.20. The number of nitrogens with one attached hydrogen (secondary N) is 2. The number of thiocarbonyl (C=S) groups is 1. The maximum absolute atomic E-state index is 12.5. The molecule has 0 fully saturated rings. The zero-order valence-electron chi connectivity index (χ0n) is 17.0. The standard InChI is InChI=1S/C24H18N2O5S/c1-29-21-14-16(25-24(32)26-22(27)11-9-17-6-4-12-30-17)8-10-18(21)19-13-15-5-2-3-7-20(15)31-23(19)28/h2-14H,1H3,(H2,25,26,27,32)/b11-9+. The summed E-state index contributed by atoms with van der Waals surface area (Å²) in [5.74, 6) is 0.596. The van der Waals surface area contributed by atoms with Crippen molar-refractivity contribution in [3.05, 3.63) is 89.2 Å². The lowest BCUT2D eigenvalue weighted by atomic mass is 10.0. The fourth-order valence-electron chi connectivity index (χ4n) is 3.10. The predicted molar refractivity (Wildman–Crippen MR) is 127 cm³/mol. The van der Waals surface area contributed by atoms with Crippen molar-refractivity contribution in [2.24, 2.45) is 0 Å². The lowest BCUT2D eigenvalue weighted by Gasteiger charge is -2.13. The van der Waals surface area contributed by atoms with Gasteiger partial charge in [-0.3, -0.25) is 10.1 Å². The highest BCUT2D eigenvalue weighted by Crippen LogP contribution is 2.32. The van der Waals surface area contributed by atoms with Crippen molar-refractivity contribution in [1.29, 1.82) is 0 Å². The maximum atomic E-state index is 12.5. The van der Waals surface area contributed by atoms with Gasteiger partial charge in [-0.05, 0) is 54.7 Å². The van der Waals surface area contributed by atoms with Gasteiger partial charge in [0.2, 0.25) is 5.91 Å². The van der Waals surface area contributed by atoms with Crippen LogP contribution >= 0.6 is 12.2 Å². The second kappa shape index (κ2) is 9.32. The van der Waals surface area contributed by atoms with Gasteiger partial charge in [0, 0.05) is 28.8 Å². The molecule has 7 nitrogen and oxygen atoms in total. The number of amides is 1. The second-order valence-corrected chi connectivity index (χ2v) is 7.10. The van der Waals surface area contributed by atoms with E-state index in [4.69, 9.17) is 25.8 Å². The molecule has 0 bridgehead atoms. The van der Waals surface area contributed by atoms with Crippen molar-refractivity contribution in [3.63, 3.8) is 0 Å². The zero-order valence-corrected chi connectivity index (χ0v) is 17.8. The number of anilines is 1. The molecule has 32 heavy (non-hydrogen) atoms. The first-order valence-corrected chi connectivity index (χ1v) is 9.99. The fourth-order valence-corrected chi connectivity index (χ4v) is 3.32. The number of hydrogen-bond acceptors (Lipinski definition) is 6. The minimum Gasteiger partial charge on any atom is -0.496 e. The molecular weight excluding hydrogens is 428 g/mol. The van der Waals surface area contributed by atoms with E-state index in [9.17, 15) is 9.59 Å². The van der Waals surface area contributed by atoms with Crippen LogP contribution < -0.4 is 21.0 Å². The summed E-state index contributed by atoms with van der Waals surface area (Å²) in [6.45, 7) is 0. The van der Waals surface area contributed by atoms with Gasteiger partial charge in [0.1, 0.15) is 17.1 Å². The average Bonchev–Trinajstić information content (AvgIpc) is 3.31. The third kappa shape index (κ3) is 4.76. The molecule has 4 aromatic rings. The molecule has 2 aromatic carbocycles. The van der Waals surface area contributed by atoms with Crippen LogP contribution in [0.15, 0.2) is 86.6 Å². The first-order chi connectivity index (χ1) is 15.5. The van der Waals surface area contributed by atoms with Crippen LogP contribution in [0.3, 0.4) is 0 Å². The van der Waals surface area contributed by atoms with Crippen molar-refractivity contribution >= 4 is 46.0 Å². The molecule has 0 saturated carbocycles. The summed E-state index contributed by atoms with van der Waals surface area (Å²) in [5, 5.41) is 6.39. The summed E-state index contributed by atoms with van der Waals surface area (Å²) in [6.07, 6.45) is 4.36. The summed E-state index contributed by atoms with van der Waals surface area (Å²) in [6, 6.07) is 17.6. The highest BCUT2D eigenvalue weighted by atomic mass is 32.1. The van der Waals surface area contributed by atoms with Gasteiger partial charge in [0.05, 0.1) is 18.9 Å². The van der Waals surface area contributed by atoms with E-state index in [1.54, 1.807) is 48.5 Å². The molecular formula is C24H18N2O5S. The van der Waals surface area contributed by atoms with Crippen molar-refractivity contribution in [1.82, 2.24) is 5.32 Å². The van der Waals surface area contributed by atoms with Gasteiger partial charge in [0.15, 0.2) is 5.11 Å². The van der Waals surface area contributed by atoms with Crippen molar-refractivity contribution < 1.29 is 18.4 Å². The van der Waals surface area contributed by atoms with E-state index in [1.807, 2.05) is 12.1 Å². The molecule has 4 rings (SSSR count). The third-order valence-electron chi connectivity index (χ3n) is 4.57. The van der Waals surface area contributed by atoms with Gasteiger partial charge < -0.3 is 18.9 Å². The minimum absolute atomic E-state index is 0.110. The molecule has 0 aliphatic heterocycles. The smallest absolute Gasteiger partial charge is 0.344 e. The largest absolute Gasteiger partial charge is 0.496 e. The van der Waals surface area contributed by atoms with E-state index < -0.39 is 11.5 Å². The van der Waals surface area contributed by atoms with Crippen LogP contribution in [0.1, 0.15) is 5.76 Å². The summed E-state index contributed by atoms with van der Waals surface area (Å²) < 4.78 is 16.0. The van der Waals surface area contributed by atoms with Crippen LogP contribution in [-0.2, 0) is 4.79 Å². The molecule has 0 atom stereocenters. The fraction of sp³-hybridized carbons (Fsp3) is 0.0417. The number of benzene rings is 2. The molecule has 0 aliphatic carbocycles. The van der Waals surface area contributed by atoms with E-state index in [0.717, 1.165) is 5.39 Å². The summed E-state index contributed by atoms with van der Waals surface area (Å²) in [7, 11) is 1.50. The SMILES string of the molecule is COc1cc(NC(=S)NC(=O)/C=C/c2ccco2)ccc1-c1cc2ccccc2oc1=O. The molecule has 0 aliphatic rings. The Morgan fingerprint density at radius 1 is 1.06 bits per heavy atom. The molecule has 0 spiro atoms. The number of hydrogen-bond donors (Lipinski definition) is 2. The molecule has 2 aromatic heterocycles. The Balaban J connectivity index is 1.51. The number of methoxy groups -OCH3 is 1. The summed E-state index contributed by atoms with van der Waals surface area (Å²) in [4.78, 5) is 24.5. The van der Waals surface area contributed by atoms with E-state index >= 15 is 0 Å². The topological polar surface area (TPSA) is 93.7 Å². The number of ether oxygens (including phenoxy) is 1. The molecule has 1 amide bonds. The van der Waals surface area contributed by atoms with Crippen LogP contribution in [0.2, 0.25) is 0 Å². The van der Waals surface area contributed by atoms with E-state index in [1.165, 1.54) is 25.5 Å². The normalized spacial score (nSPS) is 10.9. The number of fused-ring (bicyclic) bond motifs is 1. The van der Waals surface area contributed by atoms with E-state index in [2.05, 4.69) is 10.6 Å². The quantitative estimate of drug-likeness (QED) is 0.263. The third-order valence-corrected chi connectivity index (χ3v) is 4.77. The van der Waals surface area contributed by atoms with Crippen LogP contribution in [-0.4, -0.2) is 18.1 Å². The first kappa shape index (κ1) is 21.1. The molecule has 2 heterocycles. The Kier molecular flexibility index (Phi) is 6.14. The number of carbonyl (C=O) groups is 1. The molecule has 0 unspecified atom stereocenters. The predicted octanol–water partition coefficient (Wildman–Crippen LogP) is 4.59. The van der Waals surface area contributed by atoms with Gasteiger partial charge in [-0.2, -0.15) is 0 Å². The highest BCUT2D eigenvalue weighted by molar-refractivity contribution is 7.80. The van der Waals surface area contributed by atoms with Crippen molar-refractivity contribution in [2.75, 3.05) is 12.4 Å². The maximum Gasteiger partial charge on any atom is 0.344 e. The molecule has 160 valence electrons. The highest BCUT2D eigenvalue weighted by Gasteiger charge is 2.14. The Morgan fingerprint density at radius 2 is 1.91 bits per heavy atom. The Labute approximate surface area is 188 Å². The van der Waals surface area contributed by atoms with Gasteiger partial charge in [0.25, 0.3) is 0 Å². The Bertz CT molecular complexity index is 1370. The number of carbonyl (C=O) groups excluding carboxylic acids is 1. The Morgan fingerprint density at radius 3 is 2.69 bits per heavy atom. The number of furan rings is 1. The van der Waals surface area contributed by atoms with Crippen LogP contribution in [0, 0.1) is 0 Å². The minimum atomic E-state index is -0.464. The average molecular weight is 446 g/mol. The molecule has 8 heteroatoms. The van der Waals surface area contributed by atoms with Crippen LogP contribution in [0.5, 0.6) is 5.75 Å². The first-order valence-electron chi connectivity index (χ1n) is 9.58. The van der Waals surface area contributed by atoms with Crippen LogP contribution in [0.25, 0.3) is 28.2 Å². The molecule has 0 radical (unpaired) electrons. The van der Waals surface area contributed by atoms with E-state index in [0.29, 0.717) is 33.9 Å². The zero-order chi connectivity index (χ0) is 22.5. The van der Waals surface area contributed by atoms with Crippen molar-refractivity contribution in [2.45, 2.75) is 0 Å². The van der Waals surface area contributed by atoms with E-state index in [-0.39, 0.29) is 5.11 Å². The lowest BCUT2D eigenvalue weighted by molar-refractivity contribution is -0.115.